The predicted molar refractivity (Wildman–Crippen MR) is 117 cm³/mol. The second-order valence-electron chi connectivity index (χ2n) is 8.65. The third kappa shape index (κ3) is 6.19. The highest BCUT2D eigenvalue weighted by atomic mass is 28.3. The summed E-state index contributed by atoms with van der Waals surface area (Å²) in [7, 11) is -0.165. The van der Waals surface area contributed by atoms with Gasteiger partial charge in [0.05, 0.1) is 21.0 Å². The van der Waals surface area contributed by atoms with E-state index >= 15 is 0 Å². The Bertz CT molecular complexity index is 646. The topological polar surface area (TPSA) is 33.0 Å². The Morgan fingerprint density at radius 3 is 2.50 bits per heavy atom. The number of unbranched alkanes of at least 4 members (excludes halogenated alkanes) is 2. The lowest BCUT2D eigenvalue weighted by Crippen LogP contribution is -2.32. The summed E-state index contributed by atoms with van der Waals surface area (Å²) in [6.07, 6.45) is 9.94. The van der Waals surface area contributed by atoms with Gasteiger partial charge in [-0.1, -0.05) is 69.2 Å². The molecule has 5 heteroatoms. The molecule has 2 saturated heterocycles. The largest absolute Gasteiger partial charge is 0.493 e. The molecule has 2 aliphatic rings. The van der Waals surface area contributed by atoms with Crippen LogP contribution >= 0.6 is 0 Å². The van der Waals surface area contributed by atoms with Crippen LogP contribution in [0.2, 0.25) is 35.8 Å². The van der Waals surface area contributed by atoms with Crippen LogP contribution < -0.4 is 4.74 Å². The third-order valence-electron chi connectivity index (χ3n) is 6.70. The summed E-state index contributed by atoms with van der Waals surface area (Å²) >= 11 is 0. The molecule has 1 aromatic rings. The van der Waals surface area contributed by atoms with Crippen molar-refractivity contribution in [2.75, 3.05) is 6.61 Å². The first-order valence-corrected chi connectivity index (χ1v) is 15.3. The van der Waals surface area contributed by atoms with Gasteiger partial charge in [0.25, 0.3) is 0 Å². The Labute approximate surface area is 173 Å². The van der Waals surface area contributed by atoms with Crippen LogP contribution in [0.1, 0.15) is 57.4 Å². The molecule has 1 aromatic carbocycles. The molecule has 28 heavy (non-hydrogen) atoms. The maximum absolute atomic E-state index is 13.7. The van der Waals surface area contributed by atoms with E-state index in [9.17, 15) is 4.39 Å². The van der Waals surface area contributed by atoms with Crippen LogP contribution in [-0.2, 0) is 0 Å². The molecule has 2 aliphatic heterocycles. The van der Waals surface area contributed by atoms with Crippen LogP contribution in [0.15, 0.2) is 18.2 Å². The summed E-state index contributed by atoms with van der Waals surface area (Å²) < 4.78 is 19.5. The van der Waals surface area contributed by atoms with E-state index < -0.39 is 5.82 Å². The van der Waals surface area contributed by atoms with E-state index in [1.807, 2.05) is 6.07 Å². The molecule has 0 spiro atoms. The van der Waals surface area contributed by atoms with E-state index in [4.69, 9.17) is 10.00 Å². The Morgan fingerprint density at radius 1 is 1.11 bits per heavy atom. The van der Waals surface area contributed by atoms with Gasteiger partial charge in [-0.05, 0) is 36.4 Å². The highest BCUT2D eigenvalue weighted by molar-refractivity contribution is 6.63. The molecule has 0 aromatic heterocycles. The van der Waals surface area contributed by atoms with Gasteiger partial charge < -0.3 is 4.74 Å². The van der Waals surface area contributed by atoms with Gasteiger partial charge in [-0.25, -0.2) is 4.39 Å². The smallest absolute Gasteiger partial charge is 0.144 e. The van der Waals surface area contributed by atoms with Crippen molar-refractivity contribution in [1.82, 2.24) is 0 Å². The maximum atomic E-state index is 13.7. The Hall–Kier alpha value is -1.13. The first-order valence-electron chi connectivity index (χ1n) is 11.2. The summed E-state index contributed by atoms with van der Waals surface area (Å²) in [6.45, 7) is 3.00. The van der Waals surface area contributed by atoms with Gasteiger partial charge in [0.15, 0.2) is 0 Å². The van der Waals surface area contributed by atoms with E-state index in [2.05, 4.69) is 6.92 Å². The van der Waals surface area contributed by atoms with Gasteiger partial charge in [-0.2, -0.15) is 5.26 Å². The first kappa shape index (κ1) is 21.6. The summed E-state index contributed by atoms with van der Waals surface area (Å²) in [5.74, 6) is 0.685. The minimum absolute atomic E-state index is 0.00311. The number of halogens is 1. The first-order chi connectivity index (χ1) is 13.7. The van der Waals surface area contributed by atoms with E-state index in [-0.39, 0.29) is 23.2 Å². The highest BCUT2D eigenvalue weighted by Crippen LogP contribution is 2.40. The fourth-order valence-corrected chi connectivity index (χ4v) is 12.1. The zero-order valence-electron chi connectivity index (χ0n) is 17.3. The second-order valence-corrected chi connectivity index (χ2v) is 14.8. The summed E-state index contributed by atoms with van der Waals surface area (Å²) in [6, 6.07) is 14.1. The lowest BCUT2D eigenvalue weighted by Gasteiger charge is -2.36. The summed E-state index contributed by atoms with van der Waals surface area (Å²) in [5.41, 5.74) is 1.17. The van der Waals surface area contributed by atoms with Gasteiger partial charge in [-0.3, -0.25) is 0 Å². The van der Waals surface area contributed by atoms with Crippen molar-refractivity contribution >= 4 is 17.6 Å². The Morgan fingerprint density at radius 2 is 1.86 bits per heavy atom. The van der Waals surface area contributed by atoms with Crippen LogP contribution in [0, 0.1) is 23.1 Å². The minimum Gasteiger partial charge on any atom is -0.493 e. The van der Waals surface area contributed by atoms with Crippen LogP contribution in [0.4, 0.5) is 4.39 Å². The molecule has 0 atom stereocenters. The zero-order chi connectivity index (χ0) is 19.8. The number of hydrogen-bond acceptors (Lipinski definition) is 2. The van der Waals surface area contributed by atoms with Crippen molar-refractivity contribution in [2.45, 2.75) is 87.6 Å². The average molecular weight is 416 g/mol. The molecular formula is C23H34FNOSi2. The molecule has 2 nitrogen and oxygen atoms in total. The van der Waals surface area contributed by atoms with E-state index in [1.165, 1.54) is 56.3 Å². The average Bonchev–Trinajstić information content (AvgIpc) is 2.73. The van der Waals surface area contributed by atoms with Gasteiger partial charge in [0.1, 0.15) is 17.6 Å². The number of ether oxygens (including phenoxy) is 1. The molecule has 152 valence electrons. The van der Waals surface area contributed by atoms with Crippen LogP contribution in [0.5, 0.6) is 5.75 Å². The van der Waals surface area contributed by atoms with E-state index in [1.54, 1.807) is 37.0 Å². The predicted octanol–water partition coefficient (Wildman–Crippen LogP) is 6.83. The van der Waals surface area contributed by atoms with Crippen molar-refractivity contribution in [1.29, 1.82) is 5.26 Å². The number of rotatable bonds is 8. The van der Waals surface area contributed by atoms with Crippen LogP contribution in [0.25, 0.3) is 0 Å². The highest BCUT2D eigenvalue weighted by Gasteiger charge is 2.32. The molecule has 0 amide bonds. The van der Waals surface area contributed by atoms with Crippen molar-refractivity contribution in [2.24, 2.45) is 5.92 Å². The molecule has 0 aliphatic carbocycles. The fraction of sp³-hybridized carbons (Fsp3) is 0.696. The van der Waals surface area contributed by atoms with E-state index in [0.29, 0.717) is 18.3 Å². The number of nitrogens with zero attached hydrogens (tertiary/aromatic N) is 1. The Kier molecular flexibility index (Phi) is 8.60. The van der Waals surface area contributed by atoms with Crippen molar-refractivity contribution in [3.63, 3.8) is 0 Å². The second kappa shape index (κ2) is 11.2. The molecule has 0 saturated carbocycles. The van der Waals surface area contributed by atoms with Crippen LogP contribution in [0.3, 0.4) is 0 Å². The van der Waals surface area contributed by atoms with Crippen molar-refractivity contribution < 1.29 is 9.13 Å². The molecular weight excluding hydrogens is 381 g/mol. The molecule has 0 N–H and O–H groups in total. The maximum Gasteiger partial charge on any atom is 0.144 e. The fourth-order valence-electron chi connectivity index (χ4n) is 4.82. The molecule has 2 heterocycles. The molecule has 0 bridgehead atoms. The normalized spacial score (nSPS) is 20.2. The van der Waals surface area contributed by atoms with Gasteiger partial charge in [-0.15, -0.1) is 0 Å². The Balaban J connectivity index is 1.35. The lowest BCUT2D eigenvalue weighted by molar-refractivity contribution is 0.235. The quantitative estimate of drug-likeness (QED) is 0.344. The molecule has 0 unspecified atom stereocenters. The summed E-state index contributed by atoms with van der Waals surface area (Å²) in [4.78, 5) is 0. The van der Waals surface area contributed by atoms with Gasteiger partial charge >= 0.3 is 0 Å². The zero-order valence-corrected chi connectivity index (χ0v) is 19.3. The van der Waals surface area contributed by atoms with Gasteiger partial charge in [0.2, 0.25) is 0 Å². The number of hydrogen-bond donors (Lipinski definition) is 0. The monoisotopic (exact) mass is 415 g/mol. The van der Waals surface area contributed by atoms with Crippen LogP contribution in [-0.4, -0.2) is 24.2 Å². The van der Waals surface area contributed by atoms with Crippen molar-refractivity contribution in [3.8, 4) is 11.8 Å². The standard InChI is InChI=1S/C23H34FNOSi2/c1-2-3-4-11-27-12-9-22(10-13-27)28-14-7-19(8-15-28)18-26-21-6-5-20(17-25)23(24)16-21/h5-6,16,19,22H,2-4,7-15,18H2,1H3. The molecule has 2 radical (unpaired) electrons. The molecule has 3 rings (SSSR count). The summed E-state index contributed by atoms with van der Waals surface area (Å²) in [5, 5.41) is 8.81. The third-order valence-corrected chi connectivity index (χ3v) is 13.3. The van der Waals surface area contributed by atoms with E-state index in [0.717, 1.165) is 5.54 Å². The lowest BCUT2D eigenvalue weighted by atomic mass is 10.0. The van der Waals surface area contributed by atoms with Crippen molar-refractivity contribution in [3.05, 3.63) is 29.6 Å². The number of nitriles is 1. The van der Waals surface area contributed by atoms with Gasteiger partial charge in [0, 0.05) is 14.9 Å². The number of benzene rings is 1. The minimum atomic E-state index is -0.484. The SMILES string of the molecule is CCCCC[Si]1CCC([Si]2CCC(COc3ccc(C#N)c(F)c3)CC2)CC1. The molecule has 2 fully saturated rings.